The van der Waals surface area contributed by atoms with E-state index in [0.29, 0.717) is 12.5 Å². The number of carboxylic acids is 1. The molecule has 0 fully saturated rings. The Hall–Kier alpha value is -2.11. The first-order valence-corrected chi connectivity index (χ1v) is 7.78. The van der Waals surface area contributed by atoms with Crippen LogP contribution in [0.2, 0.25) is 0 Å². The monoisotopic (exact) mass is 328 g/mol. The topological polar surface area (TPSA) is 89.9 Å². The van der Waals surface area contributed by atoms with Crippen LogP contribution in [0.1, 0.15) is 46.5 Å². The number of rotatable bonds is 10. The molecule has 0 amide bonds. The Bertz CT molecular complexity index is 387. The number of unbranched alkanes of at least 4 members (excludes halogenated alkanes) is 1. The lowest BCUT2D eigenvalue weighted by atomic mass is 10.0. The first-order chi connectivity index (χ1) is 10.9. The van der Waals surface area contributed by atoms with Crippen molar-refractivity contribution in [2.75, 3.05) is 13.2 Å². The molecule has 23 heavy (non-hydrogen) atoms. The van der Waals surface area contributed by atoms with Crippen molar-refractivity contribution in [2.45, 2.75) is 46.5 Å². The average molecular weight is 328 g/mol. The van der Waals surface area contributed by atoms with E-state index in [-0.39, 0.29) is 12.6 Å². The third kappa shape index (κ3) is 17.8. The maximum Gasteiger partial charge on any atom is 0.330 e. The number of carbonyl (C=O) groups is 3. The lowest BCUT2D eigenvalue weighted by Crippen LogP contribution is -2.12. The first kappa shape index (κ1) is 23.2. The van der Waals surface area contributed by atoms with Crippen molar-refractivity contribution in [3.63, 3.8) is 0 Å². The Morgan fingerprint density at radius 3 is 2.17 bits per heavy atom. The Morgan fingerprint density at radius 1 is 1.09 bits per heavy atom. The summed E-state index contributed by atoms with van der Waals surface area (Å²) in [6.45, 7) is 10.1. The summed E-state index contributed by atoms with van der Waals surface area (Å²) in [4.78, 5) is 31.0. The molecule has 0 aliphatic rings. The van der Waals surface area contributed by atoms with Gasteiger partial charge in [-0.3, -0.25) is 0 Å². The number of hydrogen-bond donors (Lipinski definition) is 1. The quantitative estimate of drug-likeness (QED) is 0.489. The molecule has 0 aromatic rings. The molecule has 0 aromatic carbocycles. The number of carboxylic acid groups (broad SMARTS) is 1. The van der Waals surface area contributed by atoms with E-state index in [2.05, 4.69) is 25.2 Å². The van der Waals surface area contributed by atoms with E-state index < -0.39 is 11.9 Å². The van der Waals surface area contributed by atoms with Crippen LogP contribution in [0.5, 0.6) is 0 Å². The maximum absolute atomic E-state index is 10.8. The molecule has 1 unspecified atom stereocenters. The summed E-state index contributed by atoms with van der Waals surface area (Å²) in [7, 11) is 0. The van der Waals surface area contributed by atoms with Gasteiger partial charge in [0.25, 0.3) is 0 Å². The summed E-state index contributed by atoms with van der Waals surface area (Å²) in [6.07, 6.45) is 7.45. The molecule has 6 heteroatoms. The predicted molar refractivity (Wildman–Crippen MR) is 87.9 cm³/mol. The zero-order chi connectivity index (χ0) is 18.1. The van der Waals surface area contributed by atoms with Gasteiger partial charge in [-0.25, -0.2) is 14.4 Å². The van der Waals surface area contributed by atoms with Gasteiger partial charge in [0.1, 0.15) is 0 Å². The molecule has 0 spiro atoms. The van der Waals surface area contributed by atoms with Crippen LogP contribution < -0.4 is 0 Å². The number of aliphatic carboxylic acids is 1. The van der Waals surface area contributed by atoms with Gasteiger partial charge in [-0.05, 0) is 19.3 Å². The van der Waals surface area contributed by atoms with Crippen LogP contribution in [0.15, 0.2) is 24.8 Å². The Labute approximate surface area is 138 Å². The molecule has 0 heterocycles. The van der Waals surface area contributed by atoms with Crippen LogP contribution in [-0.2, 0) is 23.9 Å². The second kappa shape index (κ2) is 16.3. The summed E-state index contributed by atoms with van der Waals surface area (Å²) >= 11 is 0. The van der Waals surface area contributed by atoms with Crippen molar-refractivity contribution in [1.82, 2.24) is 0 Å². The lowest BCUT2D eigenvalue weighted by molar-refractivity contribution is -0.139. The van der Waals surface area contributed by atoms with E-state index in [9.17, 15) is 14.4 Å². The van der Waals surface area contributed by atoms with Gasteiger partial charge in [0.05, 0.1) is 13.2 Å². The Morgan fingerprint density at radius 2 is 1.74 bits per heavy atom. The minimum Gasteiger partial charge on any atom is -0.478 e. The highest BCUT2D eigenvalue weighted by Crippen LogP contribution is 2.12. The first-order valence-electron chi connectivity index (χ1n) is 7.78. The van der Waals surface area contributed by atoms with Crippen LogP contribution in [-0.4, -0.2) is 36.2 Å². The Balaban J connectivity index is 0. The zero-order valence-electron chi connectivity index (χ0n) is 14.2. The average Bonchev–Trinajstić information content (AvgIpc) is 2.53. The van der Waals surface area contributed by atoms with Crippen LogP contribution in [0.4, 0.5) is 0 Å². The summed E-state index contributed by atoms with van der Waals surface area (Å²) in [6, 6.07) is 0. The van der Waals surface area contributed by atoms with Crippen molar-refractivity contribution < 1.29 is 29.0 Å². The smallest absolute Gasteiger partial charge is 0.330 e. The van der Waals surface area contributed by atoms with Gasteiger partial charge in [0.15, 0.2) is 0 Å². The number of carbonyl (C=O) groups excluding carboxylic acids is 2. The van der Waals surface area contributed by atoms with Crippen molar-refractivity contribution >= 4 is 17.9 Å². The predicted octanol–water partition coefficient (Wildman–Crippen LogP) is 3.12. The molecule has 0 saturated heterocycles. The standard InChI is InChI=1S/C11H20O2.C6H8O4/c1-4-7-8-10(5-2)9-13-11(12)6-3;1-2-10-6(9)4-3-5(7)8/h6,10H,3-5,7-9H2,1-2H3;3-4H,2H2,1H3,(H,7,8)/b;4-3-. The van der Waals surface area contributed by atoms with Crippen molar-refractivity contribution in [1.29, 1.82) is 0 Å². The molecule has 6 nitrogen and oxygen atoms in total. The normalized spacial score (nSPS) is 11.1. The summed E-state index contributed by atoms with van der Waals surface area (Å²) in [5.41, 5.74) is 0. The van der Waals surface area contributed by atoms with Crippen LogP contribution in [0.3, 0.4) is 0 Å². The highest BCUT2D eigenvalue weighted by atomic mass is 16.5. The van der Waals surface area contributed by atoms with Gasteiger partial charge in [0.2, 0.25) is 0 Å². The van der Waals surface area contributed by atoms with Gasteiger partial charge in [-0.2, -0.15) is 0 Å². The van der Waals surface area contributed by atoms with Crippen LogP contribution >= 0.6 is 0 Å². The number of ether oxygens (including phenoxy) is 2. The fourth-order valence-electron chi connectivity index (χ4n) is 1.49. The maximum atomic E-state index is 10.8. The molecule has 0 aromatic heterocycles. The molecule has 0 bridgehead atoms. The number of esters is 2. The van der Waals surface area contributed by atoms with Gasteiger partial charge >= 0.3 is 17.9 Å². The molecule has 0 aliphatic carbocycles. The second-order valence-electron chi connectivity index (χ2n) is 4.67. The molecule has 1 N–H and O–H groups in total. The Kier molecular flexibility index (Phi) is 16.4. The zero-order valence-corrected chi connectivity index (χ0v) is 14.2. The SMILES string of the molecule is C=CC(=O)OCC(CC)CCCC.CCOC(=O)/C=C\C(=O)O. The van der Waals surface area contributed by atoms with Crippen molar-refractivity contribution in [3.8, 4) is 0 Å². The fraction of sp³-hybridized carbons (Fsp3) is 0.588. The summed E-state index contributed by atoms with van der Waals surface area (Å²) < 4.78 is 9.39. The molecule has 1 atom stereocenters. The highest BCUT2D eigenvalue weighted by Gasteiger charge is 2.07. The number of hydrogen-bond acceptors (Lipinski definition) is 5. The molecule has 132 valence electrons. The third-order valence-corrected chi connectivity index (χ3v) is 2.82. The van der Waals surface area contributed by atoms with E-state index in [4.69, 9.17) is 9.84 Å². The lowest BCUT2D eigenvalue weighted by Gasteiger charge is -2.13. The molecule has 0 aliphatic heterocycles. The molecule has 0 saturated carbocycles. The van der Waals surface area contributed by atoms with E-state index in [1.807, 2.05) is 0 Å². The summed E-state index contributed by atoms with van der Waals surface area (Å²) in [5, 5.41) is 8.04. The van der Waals surface area contributed by atoms with E-state index in [1.165, 1.54) is 18.9 Å². The van der Waals surface area contributed by atoms with Crippen molar-refractivity contribution in [2.24, 2.45) is 5.92 Å². The van der Waals surface area contributed by atoms with Gasteiger partial charge in [-0.15, -0.1) is 0 Å². The fourth-order valence-corrected chi connectivity index (χ4v) is 1.49. The highest BCUT2D eigenvalue weighted by molar-refractivity contribution is 5.90. The van der Waals surface area contributed by atoms with Crippen LogP contribution in [0, 0.1) is 5.92 Å². The summed E-state index contributed by atoms with van der Waals surface area (Å²) in [5.74, 6) is -1.59. The second-order valence-corrected chi connectivity index (χ2v) is 4.67. The van der Waals surface area contributed by atoms with Gasteiger partial charge in [-0.1, -0.05) is 39.7 Å². The molecular formula is C17H28O6. The van der Waals surface area contributed by atoms with Crippen LogP contribution in [0.25, 0.3) is 0 Å². The van der Waals surface area contributed by atoms with Gasteiger partial charge < -0.3 is 14.6 Å². The van der Waals surface area contributed by atoms with Gasteiger partial charge in [0, 0.05) is 18.2 Å². The largest absolute Gasteiger partial charge is 0.478 e. The van der Waals surface area contributed by atoms with Crippen molar-refractivity contribution in [3.05, 3.63) is 24.8 Å². The third-order valence-electron chi connectivity index (χ3n) is 2.82. The molecular weight excluding hydrogens is 300 g/mol. The van der Waals surface area contributed by atoms with E-state index in [0.717, 1.165) is 25.0 Å². The minimum absolute atomic E-state index is 0.253. The minimum atomic E-state index is -1.16. The molecule has 0 rings (SSSR count). The van der Waals surface area contributed by atoms with E-state index >= 15 is 0 Å². The van der Waals surface area contributed by atoms with E-state index in [1.54, 1.807) is 6.92 Å². The molecule has 0 radical (unpaired) electrons.